The molecule has 1 rings (SSSR count). The average Bonchev–Trinajstić information content (AvgIpc) is 2.08. The molecule has 0 aliphatic carbocycles. The van der Waals surface area contributed by atoms with E-state index >= 15 is 0 Å². The molecule has 0 unspecified atom stereocenters. The number of carboxylic acid groups (broad SMARTS) is 1. The van der Waals surface area contributed by atoms with Crippen molar-refractivity contribution in [2.24, 2.45) is 0 Å². The summed E-state index contributed by atoms with van der Waals surface area (Å²) in [5, 5.41) is 8.72. The van der Waals surface area contributed by atoms with E-state index < -0.39 is 23.6 Å². The van der Waals surface area contributed by atoms with Gasteiger partial charge in [-0.25, -0.2) is 4.79 Å². The number of ether oxygens (including phenoxy) is 1. The van der Waals surface area contributed by atoms with Gasteiger partial charge in [0.25, 0.3) is 0 Å². The molecule has 3 N–H and O–H groups in total. The second-order valence-electron chi connectivity index (χ2n) is 2.69. The van der Waals surface area contributed by atoms with Crippen LogP contribution in [-0.2, 0) is 0 Å². The lowest BCUT2D eigenvalue weighted by atomic mass is 10.1. The van der Waals surface area contributed by atoms with Gasteiger partial charge in [-0.2, -0.15) is 0 Å². The van der Waals surface area contributed by atoms with E-state index in [0.717, 1.165) is 6.07 Å². The number of nitrogen functional groups attached to an aromatic ring is 1. The molecule has 0 heterocycles. The summed E-state index contributed by atoms with van der Waals surface area (Å²) in [6.07, 6.45) is -4.99. The monoisotopic (exact) mass is 299 g/mol. The highest BCUT2D eigenvalue weighted by Gasteiger charge is 2.34. The van der Waals surface area contributed by atoms with Gasteiger partial charge >= 0.3 is 12.3 Å². The van der Waals surface area contributed by atoms with Crippen LogP contribution in [0.5, 0.6) is 5.75 Å². The van der Waals surface area contributed by atoms with Crippen molar-refractivity contribution in [1.82, 2.24) is 0 Å². The molecule has 0 amide bonds. The zero-order chi connectivity index (χ0) is 12.5. The highest BCUT2D eigenvalue weighted by atomic mass is 79.9. The number of aromatic carboxylic acids is 1. The third-order valence-corrected chi connectivity index (χ3v) is 2.20. The number of rotatable bonds is 2. The first-order valence-electron chi connectivity index (χ1n) is 3.79. The normalized spacial score (nSPS) is 11.2. The summed E-state index contributed by atoms with van der Waals surface area (Å²) in [6.45, 7) is 0. The van der Waals surface area contributed by atoms with Crippen molar-refractivity contribution < 1.29 is 27.8 Å². The number of hydrogen-bond donors (Lipinski definition) is 2. The first-order valence-corrected chi connectivity index (χ1v) is 4.58. The van der Waals surface area contributed by atoms with Gasteiger partial charge in [-0.15, -0.1) is 13.2 Å². The minimum Gasteiger partial charge on any atom is -0.477 e. The number of anilines is 1. The van der Waals surface area contributed by atoms with Crippen LogP contribution in [0.2, 0.25) is 0 Å². The Bertz CT molecular complexity index is 433. The molecule has 0 saturated heterocycles. The maximum atomic E-state index is 12.0. The van der Waals surface area contributed by atoms with Gasteiger partial charge in [0, 0.05) is 5.69 Å². The summed E-state index contributed by atoms with van der Waals surface area (Å²) >= 11 is 2.76. The quantitative estimate of drug-likeness (QED) is 0.824. The van der Waals surface area contributed by atoms with Crippen LogP contribution in [0.3, 0.4) is 0 Å². The number of carboxylic acids is 1. The molecule has 0 radical (unpaired) electrons. The SMILES string of the molecule is Nc1ccc(Br)c(OC(F)(F)F)c1C(=O)O. The Balaban J connectivity index is 3.35. The molecule has 8 heteroatoms. The van der Waals surface area contributed by atoms with Crippen LogP contribution < -0.4 is 10.5 Å². The van der Waals surface area contributed by atoms with Gasteiger partial charge in [0.05, 0.1) is 4.47 Å². The van der Waals surface area contributed by atoms with Crippen molar-refractivity contribution in [1.29, 1.82) is 0 Å². The molecular formula is C8H5BrF3NO3. The van der Waals surface area contributed by atoms with E-state index in [0.29, 0.717) is 0 Å². The minimum absolute atomic E-state index is 0.142. The predicted octanol–water partition coefficient (Wildman–Crippen LogP) is 2.63. The van der Waals surface area contributed by atoms with E-state index in [2.05, 4.69) is 20.7 Å². The summed E-state index contributed by atoms with van der Waals surface area (Å²) in [5.41, 5.74) is 4.22. The van der Waals surface area contributed by atoms with Crippen LogP contribution in [0.4, 0.5) is 18.9 Å². The fraction of sp³-hybridized carbons (Fsp3) is 0.125. The topological polar surface area (TPSA) is 72.5 Å². The molecule has 4 nitrogen and oxygen atoms in total. The molecule has 0 atom stereocenters. The standard InChI is InChI=1S/C8H5BrF3NO3/c9-3-1-2-4(13)5(7(14)15)6(3)16-8(10,11)12/h1-2H,13H2,(H,14,15). The van der Waals surface area contributed by atoms with Crippen LogP contribution in [0.25, 0.3) is 0 Å². The van der Waals surface area contributed by atoms with Crippen molar-refractivity contribution in [3.05, 3.63) is 22.2 Å². The molecule has 0 saturated carbocycles. The Morgan fingerprint density at radius 3 is 2.44 bits per heavy atom. The molecule has 0 fully saturated rings. The van der Waals surface area contributed by atoms with Gasteiger partial charge in [-0.1, -0.05) is 0 Å². The van der Waals surface area contributed by atoms with Crippen molar-refractivity contribution in [2.45, 2.75) is 6.36 Å². The van der Waals surface area contributed by atoms with E-state index in [9.17, 15) is 18.0 Å². The number of benzene rings is 1. The summed E-state index contributed by atoms with van der Waals surface area (Å²) < 4.78 is 39.5. The Morgan fingerprint density at radius 1 is 1.44 bits per heavy atom. The number of carbonyl (C=O) groups is 1. The number of hydrogen-bond acceptors (Lipinski definition) is 3. The molecule has 0 aliphatic heterocycles. The molecule has 16 heavy (non-hydrogen) atoms. The van der Waals surface area contributed by atoms with E-state index in [4.69, 9.17) is 10.8 Å². The molecule has 1 aromatic carbocycles. The zero-order valence-electron chi connectivity index (χ0n) is 7.51. The van der Waals surface area contributed by atoms with Gasteiger partial charge in [-0.05, 0) is 28.1 Å². The molecular weight excluding hydrogens is 295 g/mol. The molecule has 1 aromatic rings. The Hall–Kier alpha value is -1.44. The fourth-order valence-corrected chi connectivity index (χ4v) is 1.42. The van der Waals surface area contributed by atoms with Crippen LogP contribution in [-0.4, -0.2) is 17.4 Å². The molecule has 0 spiro atoms. The first-order chi connectivity index (χ1) is 7.22. The highest BCUT2D eigenvalue weighted by Crippen LogP contribution is 2.36. The lowest BCUT2D eigenvalue weighted by Crippen LogP contribution is -2.20. The number of alkyl halides is 3. The van der Waals surface area contributed by atoms with Gasteiger partial charge in [0.15, 0.2) is 5.75 Å². The molecule has 88 valence electrons. The van der Waals surface area contributed by atoms with E-state index in [-0.39, 0.29) is 10.2 Å². The zero-order valence-corrected chi connectivity index (χ0v) is 9.09. The van der Waals surface area contributed by atoms with E-state index in [1.807, 2.05) is 0 Å². The Labute approximate surface area is 95.9 Å². The summed E-state index contributed by atoms with van der Waals surface area (Å²) in [7, 11) is 0. The van der Waals surface area contributed by atoms with Crippen molar-refractivity contribution >= 4 is 27.6 Å². The molecule has 0 aromatic heterocycles. The second kappa shape index (κ2) is 4.20. The number of halogens is 4. The number of nitrogens with two attached hydrogens (primary N) is 1. The highest BCUT2D eigenvalue weighted by molar-refractivity contribution is 9.10. The fourth-order valence-electron chi connectivity index (χ4n) is 1.01. The summed E-state index contributed by atoms with van der Waals surface area (Å²) in [6, 6.07) is 2.33. The van der Waals surface area contributed by atoms with Crippen LogP contribution in [0, 0.1) is 0 Å². The lowest BCUT2D eigenvalue weighted by molar-refractivity contribution is -0.275. The van der Waals surface area contributed by atoms with Gasteiger partial charge in [0.2, 0.25) is 0 Å². The predicted molar refractivity (Wildman–Crippen MR) is 52.2 cm³/mol. The van der Waals surface area contributed by atoms with Gasteiger partial charge in [-0.3, -0.25) is 0 Å². The maximum Gasteiger partial charge on any atom is 0.573 e. The first kappa shape index (κ1) is 12.6. The Kier molecular flexibility index (Phi) is 3.32. The summed E-state index contributed by atoms with van der Waals surface area (Å²) in [5.74, 6) is -2.46. The third-order valence-electron chi connectivity index (χ3n) is 1.57. The van der Waals surface area contributed by atoms with Crippen molar-refractivity contribution in [2.75, 3.05) is 5.73 Å². The van der Waals surface area contributed by atoms with Crippen LogP contribution >= 0.6 is 15.9 Å². The summed E-state index contributed by atoms with van der Waals surface area (Å²) in [4.78, 5) is 10.7. The van der Waals surface area contributed by atoms with Crippen molar-refractivity contribution in [3.63, 3.8) is 0 Å². The third kappa shape index (κ3) is 2.78. The molecule has 0 bridgehead atoms. The maximum absolute atomic E-state index is 12.0. The van der Waals surface area contributed by atoms with E-state index in [1.54, 1.807) is 0 Å². The smallest absolute Gasteiger partial charge is 0.477 e. The largest absolute Gasteiger partial charge is 0.573 e. The van der Waals surface area contributed by atoms with E-state index in [1.165, 1.54) is 6.07 Å². The Morgan fingerprint density at radius 2 is 2.00 bits per heavy atom. The van der Waals surface area contributed by atoms with Gasteiger partial charge in [0.1, 0.15) is 5.56 Å². The van der Waals surface area contributed by atoms with Crippen LogP contribution in [0.1, 0.15) is 10.4 Å². The minimum atomic E-state index is -4.99. The lowest BCUT2D eigenvalue weighted by Gasteiger charge is -2.14. The average molecular weight is 300 g/mol. The second-order valence-corrected chi connectivity index (χ2v) is 3.55. The molecule has 0 aliphatic rings. The van der Waals surface area contributed by atoms with Crippen molar-refractivity contribution in [3.8, 4) is 5.75 Å². The van der Waals surface area contributed by atoms with Gasteiger partial charge < -0.3 is 15.6 Å². The van der Waals surface area contributed by atoms with Crippen LogP contribution in [0.15, 0.2) is 16.6 Å².